The average molecular weight is 663 g/mol. The Balaban J connectivity index is 1.09. The maximum Gasteiger partial charge on any atom is 0.145 e. The SMILES string of the molecule is c1ccc(C2(c3ccccc3)c3ccccc3-c3ccc(-c4ccc(-c5nc6cccnc6c6c5ccc5c7ccccc7oc56)cc4)cc32)cc1. The Morgan fingerprint density at radius 1 is 0.462 bits per heavy atom. The predicted molar refractivity (Wildman–Crippen MR) is 212 cm³/mol. The first-order valence-electron chi connectivity index (χ1n) is 17.7. The van der Waals surface area contributed by atoms with Gasteiger partial charge in [0.05, 0.1) is 22.0 Å². The molecule has 7 aromatic carbocycles. The van der Waals surface area contributed by atoms with Gasteiger partial charge in [0.15, 0.2) is 0 Å². The minimum atomic E-state index is -0.436. The third-order valence-corrected chi connectivity index (χ3v) is 11.0. The third-order valence-electron chi connectivity index (χ3n) is 11.0. The second-order valence-corrected chi connectivity index (χ2v) is 13.7. The van der Waals surface area contributed by atoms with Crippen LogP contribution in [0, 0.1) is 0 Å². The molecular formula is C49H30N2O. The van der Waals surface area contributed by atoms with E-state index in [2.05, 4.69) is 152 Å². The van der Waals surface area contributed by atoms with Gasteiger partial charge < -0.3 is 4.42 Å². The minimum absolute atomic E-state index is 0.436. The maximum absolute atomic E-state index is 6.51. The van der Waals surface area contributed by atoms with E-state index in [0.29, 0.717) is 0 Å². The number of benzene rings is 7. The maximum atomic E-state index is 6.51. The van der Waals surface area contributed by atoms with E-state index < -0.39 is 5.41 Å². The van der Waals surface area contributed by atoms with Crippen LogP contribution in [-0.4, -0.2) is 9.97 Å². The highest BCUT2D eigenvalue weighted by Gasteiger charge is 2.46. The zero-order valence-corrected chi connectivity index (χ0v) is 28.1. The molecule has 0 radical (unpaired) electrons. The van der Waals surface area contributed by atoms with E-state index in [1.54, 1.807) is 0 Å². The number of fused-ring (bicyclic) bond motifs is 10. The van der Waals surface area contributed by atoms with Gasteiger partial charge in [0, 0.05) is 27.9 Å². The van der Waals surface area contributed by atoms with E-state index in [9.17, 15) is 0 Å². The van der Waals surface area contributed by atoms with Crippen LogP contribution < -0.4 is 0 Å². The molecule has 10 aromatic rings. The van der Waals surface area contributed by atoms with Gasteiger partial charge in [-0.2, -0.15) is 0 Å². The van der Waals surface area contributed by atoms with Crippen LogP contribution in [0.15, 0.2) is 187 Å². The normalized spacial score (nSPS) is 13.2. The van der Waals surface area contributed by atoms with Crippen molar-refractivity contribution in [1.82, 2.24) is 9.97 Å². The summed E-state index contributed by atoms with van der Waals surface area (Å²) in [6.07, 6.45) is 1.83. The highest BCUT2D eigenvalue weighted by atomic mass is 16.3. The van der Waals surface area contributed by atoms with E-state index in [0.717, 1.165) is 60.6 Å². The summed E-state index contributed by atoms with van der Waals surface area (Å²) in [5, 5.41) is 4.21. The molecule has 1 aliphatic carbocycles. The van der Waals surface area contributed by atoms with E-state index in [4.69, 9.17) is 14.4 Å². The summed E-state index contributed by atoms with van der Waals surface area (Å²) in [6.45, 7) is 0. The van der Waals surface area contributed by atoms with Crippen molar-refractivity contribution >= 4 is 43.7 Å². The average Bonchev–Trinajstić information content (AvgIpc) is 3.75. The Morgan fingerprint density at radius 2 is 1.12 bits per heavy atom. The topological polar surface area (TPSA) is 38.9 Å². The van der Waals surface area contributed by atoms with Crippen molar-refractivity contribution in [2.45, 2.75) is 5.41 Å². The highest BCUT2D eigenvalue weighted by Crippen LogP contribution is 2.56. The Labute approximate surface area is 300 Å². The van der Waals surface area contributed by atoms with Crippen LogP contribution in [0.3, 0.4) is 0 Å². The van der Waals surface area contributed by atoms with E-state index in [1.165, 1.54) is 38.9 Å². The molecule has 0 aliphatic heterocycles. The summed E-state index contributed by atoms with van der Waals surface area (Å²) < 4.78 is 6.51. The monoisotopic (exact) mass is 662 g/mol. The molecule has 0 atom stereocenters. The van der Waals surface area contributed by atoms with Gasteiger partial charge in [0.25, 0.3) is 0 Å². The molecule has 0 N–H and O–H groups in total. The molecule has 242 valence electrons. The summed E-state index contributed by atoms with van der Waals surface area (Å²) in [6, 6.07) is 63.2. The lowest BCUT2D eigenvalue weighted by Crippen LogP contribution is -2.28. The van der Waals surface area contributed by atoms with Gasteiger partial charge in [0.2, 0.25) is 0 Å². The van der Waals surface area contributed by atoms with Crippen LogP contribution in [-0.2, 0) is 5.41 Å². The largest absolute Gasteiger partial charge is 0.455 e. The molecular weight excluding hydrogens is 633 g/mol. The minimum Gasteiger partial charge on any atom is -0.455 e. The first-order chi connectivity index (χ1) is 25.8. The van der Waals surface area contributed by atoms with Gasteiger partial charge in [-0.25, -0.2) is 4.98 Å². The van der Waals surface area contributed by atoms with E-state index in [1.807, 2.05) is 30.5 Å². The van der Waals surface area contributed by atoms with Crippen molar-refractivity contribution in [3.63, 3.8) is 0 Å². The molecule has 52 heavy (non-hydrogen) atoms. The molecule has 3 nitrogen and oxygen atoms in total. The summed E-state index contributed by atoms with van der Waals surface area (Å²) in [7, 11) is 0. The molecule has 0 saturated carbocycles. The first kappa shape index (κ1) is 28.9. The molecule has 0 bridgehead atoms. The highest BCUT2D eigenvalue weighted by molar-refractivity contribution is 6.23. The van der Waals surface area contributed by atoms with Crippen molar-refractivity contribution in [2.75, 3.05) is 0 Å². The summed E-state index contributed by atoms with van der Waals surface area (Å²) in [4.78, 5) is 9.98. The molecule has 0 unspecified atom stereocenters. The second-order valence-electron chi connectivity index (χ2n) is 13.7. The molecule has 11 rings (SSSR count). The fourth-order valence-electron chi connectivity index (χ4n) is 8.75. The Kier molecular flexibility index (Phi) is 6.17. The van der Waals surface area contributed by atoms with Crippen molar-refractivity contribution < 1.29 is 4.42 Å². The fourth-order valence-corrected chi connectivity index (χ4v) is 8.75. The van der Waals surface area contributed by atoms with Crippen molar-refractivity contribution in [3.05, 3.63) is 204 Å². The Bertz CT molecular complexity index is 2960. The van der Waals surface area contributed by atoms with Crippen molar-refractivity contribution in [1.29, 1.82) is 0 Å². The Hall–Kier alpha value is -6.84. The van der Waals surface area contributed by atoms with Gasteiger partial charge >= 0.3 is 0 Å². The van der Waals surface area contributed by atoms with E-state index in [-0.39, 0.29) is 0 Å². The Morgan fingerprint density at radius 3 is 1.92 bits per heavy atom. The number of aromatic nitrogens is 2. The molecule has 3 aromatic heterocycles. The van der Waals surface area contributed by atoms with Crippen LogP contribution in [0.4, 0.5) is 0 Å². The number of para-hydroxylation sites is 1. The lowest BCUT2D eigenvalue weighted by Gasteiger charge is -2.34. The number of furan rings is 1. The number of nitrogens with zero attached hydrogens (tertiary/aromatic N) is 2. The van der Waals surface area contributed by atoms with Gasteiger partial charge in [-0.1, -0.05) is 146 Å². The number of hydrogen-bond donors (Lipinski definition) is 0. The molecule has 0 fully saturated rings. The quantitative estimate of drug-likeness (QED) is 0.176. The predicted octanol–water partition coefficient (Wildman–Crippen LogP) is 12.4. The second kappa shape index (κ2) is 11.1. The molecule has 3 heteroatoms. The van der Waals surface area contributed by atoms with Gasteiger partial charge in [-0.15, -0.1) is 0 Å². The number of pyridine rings is 2. The van der Waals surface area contributed by atoms with Crippen LogP contribution in [0.25, 0.3) is 77.3 Å². The zero-order chi connectivity index (χ0) is 34.2. The molecule has 0 saturated heterocycles. The lowest BCUT2D eigenvalue weighted by atomic mass is 9.67. The number of rotatable bonds is 4. The number of hydrogen-bond acceptors (Lipinski definition) is 3. The van der Waals surface area contributed by atoms with Crippen LogP contribution in [0.1, 0.15) is 22.3 Å². The molecule has 0 amide bonds. The molecule has 3 heterocycles. The standard InChI is InChI=1S/C49H30N2O/c1-3-12-34(13-4-1)49(35-14-5-2-6-15-35)41-18-9-7-16-36(41)37-26-25-33(30-42(37)49)31-21-23-32(24-22-31)46-40-28-27-39-38-17-8-10-20-44(38)52-48(39)45(40)47-43(51-46)19-11-29-50-47/h1-30H. The lowest BCUT2D eigenvalue weighted by molar-refractivity contribution is 0.673. The molecule has 1 aliphatic rings. The van der Waals surface area contributed by atoms with Gasteiger partial charge in [-0.3, -0.25) is 4.98 Å². The summed E-state index contributed by atoms with van der Waals surface area (Å²) >= 11 is 0. The first-order valence-corrected chi connectivity index (χ1v) is 17.7. The van der Waals surface area contributed by atoms with Crippen molar-refractivity contribution in [2.24, 2.45) is 0 Å². The van der Waals surface area contributed by atoms with Crippen LogP contribution in [0.5, 0.6) is 0 Å². The molecule has 0 spiro atoms. The zero-order valence-electron chi connectivity index (χ0n) is 28.1. The fraction of sp³-hybridized carbons (Fsp3) is 0.0204. The van der Waals surface area contributed by atoms with Gasteiger partial charge in [0.1, 0.15) is 16.7 Å². The van der Waals surface area contributed by atoms with Gasteiger partial charge in [-0.05, 0) is 74.8 Å². The summed E-state index contributed by atoms with van der Waals surface area (Å²) in [5.41, 5.74) is 15.0. The van der Waals surface area contributed by atoms with Crippen LogP contribution >= 0.6 is 0 Å². The van der Waals surface area contributed by atoms with Crippen LogP contribution in [0.2, 0.25) is 0 Å². The summed E-state index contributed by atoms with van der Waals surface area (Å²) in [5.74, 6) is 0. The van der Waals surface area contributed by atoms with Crippen molar-refractivity contribution in [3.8, 4) is 33.5 Å². The third kappa shape index (κ3) is 4.02. The smallest absolute Gasteiger partial charge is 0.145 e. The van der Waals surface area contributed by atoms with E-state index >= 15 is 0 Å².